The summed E-state index contributed by atoms with van der Waals surface area (Å²) in [4.78, 5) is 10.6. The minimum absolute atomic E-state index is 0.225. The average molecular weight is 265 g/mol. The first-order valence-corrected chi connectivity index (χ1v) is 6.83. The zero-order valence-electron chi connectivity index (χ0n) is 11.4. The van der Waals surface area contributed by atoms with Crippen molar-refractivity contribution in [1.29, 1.82) is 0 Å². The molecule has 1 aliphatic heterocycles. The van der Waals surface area contributed by atoms with Gasteiger partial charge in [0.25, 0.3) is 0 Å². The highest BCUT2D eigenvalue weighted by molar-refractivity contribution is 5.75. The third kappa shape index (κ3) is 5.85. The van der Waals surface area contributed by atoms with E-state index in [1.54, 1.807) is 31.2 Å². The molecule has 0 unspecified atom stereocenters. The maximum atomic E-state index is 10.6. The molecule has 3 N–H and O–H groups in total. The van der Waals surface area contributed by atoms with E-state index in [2.05, 4.69) is 5.32 Å². The number of amides is 1. The van der Waals surface area contributed by atoms with Crippen molar-refractivity contribution in [2.45, 2.75) is 44.8 Å². The van der Waals surface area contributed by atoms with Gasteiger partial charge in [-0.05, 0) is 12.8 Å². The summed E-state index contributed by atoms with van der Waals surface area (Å²) in [5, 5.41) is 21.5. The standard InChI is InChI=1S/C9H12O2.C6H11NO/c1-2-9(10,11)8-6-4-3-5-7-8;8-6-4-2-1-3-5-7-6/h3-7,10-11H,2H2,1H3;1-5H2,(H,7,8). The summed E-state index contributed by atoms with van der Waals surface area (Å²) in [6, 6.07) is 8.81. The molecule has 0 saturated carbocycles. The van der Waals surface area contributed by atoms with Gasteiger partial charge in [-0.3, -0.25) is 4.79 Å². The molecule has 0 radical (unpaired) electrons. The molecule has 1 heterocycles. The molecule has 1 fully saturated rings. The number of rotatable bonds is 2. The zero-order valence-corrected chi connectivity index (χ0v) is 11.4. The Labute approximate surface area is 114 Å². The van der Waals surface area contributed by atoms with Gasteiger partial charge in [-0.2, -0.15) is 0 Å². The Morgan fingerprint density at radius 3 is 2.47 bits per heavy atom. The fraction of sp³-hybridized carbons (Fsp3) is 0.533. The second-order valence-corrected chi connectivity index (χ2v) is 4.70. The van der Waals surface area contributed by atoms with Gasteiger partial charge < -0.3 is 15.5 Å². The van der Waals surface area contributed by atoms with E-state index in [1.165, 1.54) is 6.42 Å². The van der Waals surface area contributed by atoms with Crippen LogP contribution in [0.3, 0.4) is 0 Å². The first-order chi connectivity index (χ1) is 9.06. The lowest BCUT2D eigenvalue weighted by molar-refractivity contribution is -0.171. The molecule has 1 aromatic carbocycles. The SMILES string of the molecule is CCC(O)(O)c1ccccc1.O=C1CCCCCN1. The lowest BCUT2D eigenvalue weighted by atomic mass is 10.0. The van der Waals surface area contributed by atoms with Crippen LogP contribution in [0.1, 0.15) is 44.6 Å². The number of carbonyl (C=O) groups excluding carboxylic acids is 1. The summed E-state index contributed by atoms with van der Waals surface area (Å²) >= 11 is 0. The van der Waals surface area contributed by atoms with Crippen molar-refractivity contribution in [2.24, 2.45) is 0 Å². The average Bonchev–Trinajstić information content (AvgIpc) is 2.68. The molecule has 0 atom stereocenters. The first kappa shape index (κ1) is 15.7. The van der Waals surface area contributed by atoms with Gasteiger partial charge in [0.15, 0.2) is 5.79 Å². The smallest absolute Gasteiger partial charge is 0.219 e. The highest BCUT2D eigenvalue weighted by Gasteiger charge is 2.21. The molecule has 106 valence electrons. The Morgan fingerprint density at radius 1 is 1.16 bits per heavy atom. The first-order valence-electron chi connectivity index (χ1n) is 6.83. The molecule has 1 aliphatic rings. The zero-order chi connectivity index (χ0) is 14.1. The van der Waals surface area contributed by atoms with Gasteiger partial charge in [-0.25, -0.2) is 0 Å². The molecule has 4 heteroatoms. The van der Waals surface area contributed by atoms with Gasteiger partial charge >= 0.3 is 0 Å². The molecule has 19 heavy (non-hydrogen) atoms. The van der Waals surface area contributed by atoms with Crippen molar-refractivity contribution in [3.8, 4) is 0 Å². The number of carbonyl (C=O) groups is 1. The van der Waals surface area contributed by atoms with E-state index in [9.17, 15) is 15.0 Å². The van der Waals surface area contributed by atoms with E-state index >= 15 is 0 Å². The molecule has 0 bridgehead atoms. The number of hydrogen-bond donors (Lipinski definition) is 3. The molecular formula is C15H23NO3. The van der Waals surface area contributed by atoms with Crippen LogP contribution in [0, 0.1) is 0 Å². The Kier molecular flexibility index (Phi) is 6.53. The molecule has 0 aromatic heterocycles. The molecule has 2 rings (SSSR count). The van der Waals surface area contributed by atoms with E-state index in [0.29, 0.717) is 12.0 Å². The van der Waals surface area contributed by atoms with Crippen LogP contribution in [-0.4, -0.2) is 22.7 Å². The third-order valence-corrected chi connectivity index (χ3v) is 3.13. The fourth-order valence-corrected chi connectivity index (χ4v) is 1.81. The van der Waals surface area contributed by atoms with Crippen molar-refractivity contribution < 1.29 is 15.0 Å². The van der Waals surface area contributed by atoms with Crippen LogP contribution in [-0.2, 0) is 10.6 Å². The summed E-state index contributed by atoms with van der Waals surface area (Å²) in [5.74, 6) is -1.44. The maximum Gasteiger partial charge on any atom is 0.219 e. The minimum atomic E-state index is -1.67. The van der Waals surface area contributed by atoms with Crippen molar-refractivity contribution >= 4 is 5.91 Å². The van der Waals surface area contributed by atoms with Crippen LogP contribution in [0.15, 0.2) is 30.3 Å². The Hall–Kier alpha value is -1.39. The normalized spacial score (nSPS) is 15.8. The monoisotopic (exact) mass is 265 g/mol. The summed E-state index contributed by atoms with van der Waals surface area (Å²) in [5.41, 5.74) is 0.544. The minimum Gasteiger partial charge on any atom is -0.362 e. The topological polar surface area (TPSA) is 69.6 Å². The van der Waals surface area contributed by atoms with E-state index in [4.69, 9.17) is 0 Å². The van der Waals surface area contributed by atoms with Crippen molar-refractivity contribution in [1.82, 2.24) is 5.32 Å². The molecule has 4 nitrogen and oxygen atoms in total. The van der Waals surface area contributed by atoms with Gasteiger partial charge in [0, 0.05) is 24.9 Å². The predicted molar refractivity (Wildman–Crippen MR) is 74.3 cm³/mol. The van der Waals surface area contributed by atoms with Crippen molar-refractivity contribution in [2.75, 3.05) is 6.54 Å². The highest BCUT2D eigenvalue weighted by Crippen LogP contribution is 2.20. The number of aliphatic hydroxyl groups is 2. The summed E-state index contributed by atoms with van der Waals surface area (Å²) < 4.78 is 0. The van der Waals surface area contributed by atoms with E-state index < -0.39 is 5.79 Å². The number of hydrogen-bond acceptors (Lipinski definition) is 3. The van der Waals surface area contributed by atoms with Crippen LogP contribution < -0.4 is 5.32 Å². The second-order valence-electron chi connectivity index (χ2n) is 4.70. The second kappa shape index (κ2) is 7.92. The quantitative estimate of drug-likeness (QED) is 0.715. The van der Waals surface area contributed by atoms with Crippen LogP contribution in [0.2, 0.25) is 0 Å². The molecule has 1 saturated heterocycles. The number of nitrogens with one attached hydrogen (secondary N) is 1. The summed E-state index contributed by atoms with van der Waals surface area (Å²) in [6.45, 7) is 2.62. The van der Waals surface area contributed by atoms with Gasteiger partial charge in [-0.1, -0.05) is 43.7 Å². The highest BCUT2D eigenvalue weighted by atomic mass is 16.5. The van der Waals surface area contributed by atoms with E-state index in [0.717, 1.165) is 25.8 Å². The largest absolute Gasteiger partial charge is 0.362 e. The van der Waals surface area contributed by atoms with E-state index in [-0.39, 0.29) is 5.91 Å². The van der Waals surface area contributed by atoms with Gasteiger partial charge in [0.05, 0.1) is 0 Å². The molecule has 1 amide bonds. The van der Waals surface area contributed by atoms with Crippen molar-refractivity contribution in [3.63, 3.8) is 0 Å². The van der Waals surface area contributed by atoms with Gasteiger partial charge in [0.1, 0.15) is 0 Å². The molecule has 1 aromatic rings. The lowest BCUT2D eigenvalue weighted by Gasteiger charge is -2.19. The van der Waals surface area contributed by atoms with Crippen LogP contribution in [0.25, 0.3) is 0 Å². The third-order valence-electron chi connectivity index (χ3n) is 3.13. The van der Waals surface area contributed by atoms with Crippen molar-refractivity contribution in [3.05, 3.63) is 35.9 Å². The maximum absolute atomic E-state index is 10.6. The molecule has 0 spiro atoms. The molecular weight excluding hydrogens is 242 g/mol. The van der Waals surface area contributed by atoms with Crippen LogP contribution in [0.5, 0.6) is 0 Å². The fourth-order valence-electron chi connectivity index (χ4n) is 1.81. The van der Waals surface area contributed by atoms with E-state index in [1.807, 2.05) is 6.07 Å². The van der Waals surface area contributed by atoms with Gasteiger partial charge in [-0.15, -0.1) is 0 Å². The molecule has 0 aliphatic carbocycles. The Balaban J connectivity index is 0.000000200. The Bertz CT molecular complexity index is 366. The van der Waals surface area contributed by atoms with Crippen LogP contribution in [0.4, 0.5) is 0 Å². The number of benzene rings is 1. The van der Waals surface area contributed by atoms with Crippen LogP contribution >= 0.6 is 0 Å². The predicted octanol–water partition coefficient (Wildman–Crippen LogP) is 1.91. The Morgan fingerprint density at radius 2 is 1.84 bits per heavy atom. The lowest BCUT2D eigenvalue weighted by Crippen LogP contribution is -2.23. The summed E-state index contributed by atoms with van der Waals surface area (Å²) in [6.07, 6.45) is 4.48. The van der Waals surface area contributed by atoms with Gasteiger partial charge in [0.2, 0.25) is 5.91 Å². The summed E-state index contributed by atoms with van der Waals surface area (Å²) in [7, 11) is 0.